The number of piperazine rings is 1. The van der Waals surface area contributed by atoms with Crippen LogP contribution in [0.2, 0.25) is 0 Å². The van der Waals surface area contributed by atoms with E-state index in [-0.39, 0.29) is 6.04 Å². The molecule has 0 amide bonds. The summed E-state index contributed by atoms with van der Waals surface area (Å²) in [6.07, 6.45) is 0. The number of aromatic nitrogens is 1. The van der Waals surface area contributed by atoms with Crippen molar-refractivity contribution in [3.63, 3.8) is 0 Å². The largest absolute Gasteiger partial charge is 0.326 e. The zero-order chi connectivity index (χ0) is 15.8. The van der Waals surface area contributed by atoms with E-state index in [1.807, 2.05) is 32.0 Å². The predicted molar refractivity (Wildman–Crippen MR) is 86.9 cm³/mol. The fourth-order valence-electron chi connectivity index (χ4n) is 2.22. The van der Waals surface area contributed by atoms with E-state index in [0.717, 1.165) is 24.6 Å². The van der Waals surface area contributed by atoms with Gasteiger partial charge in [0.2, 0.25) is 0 Å². The summed E-state index contributed by atoms with van der Waals surface area (Å²) in [5.41, 5.74) is 1.90. The maximum Gasteiger partial charge on any atom is 0.141 e. The number of rotatable bonds is 2. The van der Waals surface area contributed by atoms with Gasteiger partial charge in [-0.2, -0.15) is 5.26 Å². The van der Waals surface area contributed by atoms with E-state index in [0.29, 0.717) is 11.4 Å². The average Bonchev–Trinajstić information content (AvgIpc) is 2.55. The number of hydrogen-bond donors (Lipinski definition) is 1. The highest BCUT2D eigenvalue weighted by Gasteiger charge is 2.25. The van der Waals surface area contributed by atoms with E-state index in [4.69, 9.17) is 5.26 Å². The summed E-state index contributed by atoms with van der Waals surface area (Å²) < 4.78 is 0. The molecule has 5 heteroatoms. The third-order valence-corrected chi connectivity index (χ3v) is 3.16. The maximum absolute atomic E-state index is 8.90. The molecule has 0 radical (unpaired) electrons. The first-order chi connectivity index (χ1) is 10.2. The second kappa shape index (κ2) is 8.18. The van der Waals surface area contributed by atoms with Crippen LogP contribution >= 0.6 is 0 Å². The standard InChI is InChI=1S/C14H17N5.C2H6/c1-10-14(16-3)19(8-7-17-10)11(2)13-6-4-5-12(9-15)18-13;1-2/h4-6,10,17H,2,7-8H2,1,3H3;1-2H3/t10-;/m0./s1. The number of nitrogens with one attached hydrogen (secondary N) is 1. The Kier molecular flexibility index (Phi) is 6.57. The quantitative estimate of drug-likeness (QED) is 0.905. The minimum Gasteiger partial charge on any atom is -0.326 e. The molecule has 1 atom stereocenters. The molecular weight excluding hydrogens is 262 g/mol. The second-order valence-electron chi connectivity index (χ2n) is 4.38. The van der Waals surface area contributed by atoms with E-state index >= 15 is 0 Å². The Bertz CT molecular complexity index is 556. The Morgan fingerprint density at radius 3 is 2.86 bits per heavy atom. The van der Waals surface area contributed by atoms with Crippen LogP contribution in [-0.2, 0) is 0 Å². The normalized spacial score (nSPS) is 19.5. The number of amidine groups is 1. The molecule has 0 aromatic carbocycles. The van der Waals surface area contributed by atoms with Gasteiger partial charge in [-0.1, -0.05) is 26.5 Å². The summed E-state index contributed by atoms with van der Waals surface area (Å²) >= 11 is 0. The van der Waals surface area contributed by atoms with E-state index in [1.165, 1.54) is 0 Å². The van der Waals surface area contributed by atoms with Gasteiger partial charge in [0.15, 0.2) is 0 Å². The van der Waals surface area contributed by atoms with Crippen molar-refractivity contribution >= 4 is 11.5 Å². The summed E-state index contributed by atoms with van der Waals surface area (Å²) in [5, 5.41) is 12.3. The van der Waals surface area contributed by atoms with Gasteiger partial charge in [0.05, 0.1) is 17.4 Å². The lowest BCUT2D eigenvalue weighted by atomic mass is 10.1. The van der Waals surface area contributed by atoms with Gasteiger partial charge in [0.1, 0.15) is 17.6 Å². The van der Waals surface area contributed by atoms with Crippen LogP contribution < -0.4 is 5.32 Å². The topological polar surface area (TPSA) is 64.3 Å². The summed E-state index contributed by atoms with van der Waals surface area (Å²) in [5.74, 6) is 0.945. The molecule has 112 valence electrons. The van der Waals surface area contributed by atoms with Crippen LogP contribution in [0, 0.1) is 11.3 Å². The smallest absolute Gasteiger partial charge is 0.141 e. The molecule has 0 spiro atoms. The maximum atomic E-state index is 8.90. The number of pyridine rings is 1. The van der Waals surface area contributed by atoms with Crippen LogP contribution in [0.15, 0.2) is 29.8 Å². The molecule has 1 aromatic heterocycles. The highest BCUT2D eigenvalue weighted by atomic mass is 15.3. The first-order valence-corrected chi connectivity index (χ1v) is 7.21. The molecule has 0 aliphatic carbocycles. The van der Waals surface area contributed by atoms with Crippen LogP contribution in [0.4, 0.5) is 0 Å². The molecule has 2 heterocycles. The summed E-state index contributed by atoms with van der Waals surface area (Å²) in [6, 6.07) is 7.61. The number of nitriles is 1. The van der Waals surface area contributed by atoms with Gasteiger partial charge in [-0.05, 0) is 19.1 Å². The molecule has 1 saturated heterocycles. The van der Waals surface area contributed by atoms with Gasteiger partial charge in [-0.15, -0.1) is 0 Å². The van der Waals surface area contributed by atoms with Gasteiger partial charge in [0, 0.05) is 20.1 Å². The van der Waals surface area contributed by atoms with Crippen molar-refractivity contribution in [3.05, 3.63) is 36.2 Å². The minimum atomic E-state index is 0.189. The molecule has 0 saturated carbocycles. The van der Waals surface area contributed by atoms with E-state index in [9.17, 15) is 0 Å². The third kappa shape index (κ3) is 3.89. The van der Waals surface area contributed by atoms with Crippen molar-refractivity contribution in [1.82, 2.24) is 15.2 Å². The zero-order valence-electron chi connectivity index (χ0n) is 13.2. The Morgan fingerprint density at radius 2 is 2.24 bits per heavy atom. The third-order valence-electron chi connectivity index (χ3n) is 3.16. The minimum absolute atomic E-state index is 0.189. The van der Waals surface area contributed by atoms with Gasteiger partial charge in [0.25, 0.3) is 0 Å². The Hall–Kier alpha value is -2.19. The van der Waals surface area contributed by atoms with Crippen molar-refractivity contribution in [3.8, 4) is 6.07 Å². The first-order valence-electron chi connectivity index (χ1n) is 7.21. The van der Waals surface area contributed by atoms with Crippen molar-refractivity contribution in [2.45, 2.75) is 26.8 Å². The molecule has 1 aromatic rings. The van der Waals surface area contributed by atoms with Crippen LogP contribution in [0.3, 0.4) is 0 Å². The summed E-state index contributed by atoms with van der Waals surface area (Å²) in [4.78, 5) is 10.7. The second-order valence-corrected chi connectivity index (χ2v) is 4.38. The van der Waals surface area contributed by atoms with Crippen LogP contribution in [0.25, 0.3) is 5.70 Å². The Morgan fingerprint density at radius 1 is 1.52 bits per heavy atom. The Labute approximate surface area is 127 Å². The van der Waals surface area contributed by atoms with Crippen LogP contribution in [0.1, 0.15) is 32.2 Å². The number of aliphatic imine (C=N–C) groups is 1. The van der Waals surface area contributed by atoms with Crippen molar-refractivity contribution < 1.29 is 0 Å². The van der Waals surface area contributed by atoms with E-state index < -0.39 is 0 Å². The van der Waals surface area contributed by atoms with E-state index in [1.54, 1.807) is 13.1 Å². The highest BCUT2D eigenvalue weighted by Crippen LogP contribution is 2.19. The SMILES string of the molecule is C=C(c1cccc(C#N)n1)N1CCN[C@@H](C)C1=NC.CC. The molecule has 5 nitrogen and oxygen atoms in total. The molecule has 1 aliphatic heterocycles. The molecular formula is C16H23N5. The lowest BCUT2D eigenvalue weighted by molar-refractivity contribution is 0.453. The van der Waals surface area contributed by atoms with E-state index in [2.05, 4.69) is 33.7 Å². The molecule has 2 rings (SSSR count). The lowest BCUT2D eigenvalue weighted by Crippen LogP contribution is -2.52. The summed E-state index contributed by atoms with van der Waals surface area (Å²) in [7, 11) is 1.78. The van der Waals surface area contributed by atoms with Gasteiger partial charge in [-0.3, -0.25) is 4.99 Å². The van der Waals surface area contributed by atoms with Crippen LogP contribution in [-0.4, -0.2) is 41.9 Å². The summed E-state index contributed by atoms with van der Waals surface area (Å²) in [6.45, 7) is 11.8. The molecule has 21 heavy (non-hydrogen) atoms. The monoisotopic (exact) mass is 285 g/mol. The van der Waals surface area contributed by atoms with Crippen molar-refractivity contribution in [1.29, 1.82) is 5.26 Å². The highest BCUT2D eigenvalue weighted by molar-refractivity contribution is 5.94. The van der Waals surface area contributed by atoms with Crippen LogP contribution in [0.5, 0.6) is 0 Å². The van der Waals surface area contributed by atoms with Crippen molar-refractivity contribution in [2.75, 3.05) is 20.1 Å². The number of hydrogen-bond acceptors (Lipinski definition) is 4. The molecule has 0 unspecified atom stereocenters. The van der Waals surface area contributed by atoms with Crippen molar-refractivity contribution in [2.24, 2.45) is 4.99 Å². The first kappa shape index (κ1) is 16.9. The Balaban J connectivity index is 0.00000106. The molecule has 0 bridgehead atoms. The molecule has 1 aliphatic rings. The number of nitrogens with zero attached hydrogens (tertiary/aromatic N) is 4. The zero-order valence-corrected chi connectivity index (χ0v) is 13.2. The molecule has 1 N–H and O–H groups in total. The fourth-order valence-corrected chi connectivity index (χ4v) is 2.22. The lowest BCUT2D eigenvalue weighted by Gasteiger charge is -2.35. The van der Waals surface area contributed by atoms with Gasteiger partial charge >= 0.3 is 0 Å². The predicted octanol–water partition coefficient (Wildman–Crippen LogP) is 2.27. The molecule has 1 fully saturated rings. The fraction of sp³-hybridized carbons (Fsp3) is 0.438. The van der Waals surface area contributed by atoms with Gasteiger partial charge < -0.3 is 10.2 Å². The average molecular weight is 285 g/mol. The van der Waals surface area contributed by atoms with Gasteiger partial charge in [-0.25, -0.2) is 4.98 Å².